The number of hydrogen-bond donors (Lipinski definition) is 2. The van der Waals surface area contributed by atoms with Crippen LogP contribution in [-0.4, -0.2) is 48.4 Å². The molecule has 0 saturated carbocycles. The maximum Gasteiger partial charge on any atom is 0.309 e. The summed E-state index contributed by atoms with van der Waals surface area (Å²) in [4.78, 5) is 27.9. The predicted molar refractivity (Wildman–Crippen MR) is 152 cm³/mol. The lowest BCUT2D eigenvalue weighted by Crippen LogP contribution is -2.36. The van der Waals surface area contributed by atoms with Gasteiger partial charge in [-0.1, -0.05) is 19.9 Å². The molecule has 0 aliphatic carbocycles. The minimum absolute atomic E-state index is 0.0394. The van der Waals surface area contributed by atoms with E-state index in [0.29, 0.717) is 36.3 Å². The van der Waals surface area contributed by atoms with Gasteiger partial charge in [0.25, 0.3) is 0 Å². The molecule has 228 valence electrons. The molecule has 1 saturated heterocycles. The Kier molecular flexibility index (Phi) is 8.82. The molecule has 1 fully saturated rings. The molecule has 0 aromatic heterocycles. The molecule has 8 nitrogen and oxygen atoms in total. The van der Waals surface area contributed by atoms with Crippen LogP contribution in [0.1, 0.15) is 55.0 Å². The van der Waals surface area contributed by atoms with Crippen molar-refractivity contribution in [1.29, 1.82) is 0 Å². The molecule has 3 aromatic carbocycles. The number of amides is 1. The molecule has 5 rings (SSSR count). The van der Waals surface area contributed by atoms with Crippen LogP contribution in [0.5, 0.6) is 17.2 Å². The summed E-state index contributed by atoms with van der Waals surface area (Å²) < 4.78 is 61.2. The highest BCUT2D eigenvalue weighted by molar-refractivity contribution is 5.94. The number of carbonyl (C=O) groups is 2. The van der Waals surface area contributed by atoms with Gasteiger partial charge in [-0.15, -0.1) is 0 Å². The fourth-order valence-corrected chi connectivity index (χ4v) is 6.11. The van der Waals surface area contributed by atoms with Crippen LogP contribution in [0, 0.1) is 23.4 Å². The average Bonchev–Trinajstić information content (AvgIpc) is 3.57. The highest BCUT2D eigenvalue weighted by atomic mass is 19.1. The van der Waals surface area contributed by atoms with E-state index >= 15 is 8.78 Å². The number of carboxylic acids is 1. The topological polar surface area (TPSA) is 97.3 Å². The molecule has 3 aromatic rings. The van der Waals surface area contributed by atoms with Gasteiger partial charge >= 0.3 is 5.97 Å². The van der Waals surface area contributed by atoms with Gasteiger partial charge in [-0.2, -0.15) is 0 Å². The molecule has 1 unspecified atom stereocenters. The smallest absolute Gasteiger partial charge is 0.309 e. The first kappa shape index (κ1) is 30.2. The van der Waals surface area contributed by atoms with Crippen molar-refractivity contribution in [2.75, 3.05) is 31.8 Å². The van der Waals surface area contributed by atoms with Crippen LogP contribution in [0.4, 0.5) is 18.9 Å². The lowest BCUT2D eigenvalue weighted by molar-refractivity contribution is -0.143. The minimum Gasteiger partial charge on any atom is -0.494 e. The zero-order chi connectivity index (χ0) is 30.8. The van der Waals surface area contributed by atoms with Crippen molar-refractivity contribution < 1.29 is 42.1 Å². The molecule has 1 amide bonds. The molecule has 2 heterocycles. The fraction of sp³-hybridized carbons (Fsp3) is 0.375. The van der Waals surface area contributed by atoms with Crippen LogP contribution >= 0.6 is 0 Å². The monoisotopic (exact) mass is 598 g/mol. The van der Waals surface area contributed by atoms with Crippen LogP contribution < -0.4 is 19.5 Å². The van der Waals surface area contributed by atoms with Gasteiger partial charge in [0.1, 0.15) is 23.2 Å². The SMILES string of the molecule is CCOc1ccc([C@H]2C(C(=O)O)[C@@H](c3cc4c(cc3F)OCO4)CN2CC(=O)Nc2c(CC)cc(F)cc2CC)c(F)c1. The van der Waals surface area contributed by atoms with Crippen molar-refractivity contribution in [3.8, 4) is 17.2 Å². The first-order valence-corrected chi connectivity index (χ1v) is 14.2. The van der Waals surface area contributed by atoms with Gasteiger partial charge in [-0.25, -0.2) is 13.2 Å². The van der Waals surface area contributed by atoms with E-state index in [2.05, 4.69) is 5.32 Å². The number of aliphatic carboxylic acids is 1. The third-order valence-corrected chi connectivity index (χ3v) is 8.02. The third-order valence-electron chi connectivity index (χ3n) is 8.02. The number of benzene rings is 3. The van der Waals surface area contributed by atoms with Gasteiger partial charge < -0.3 is 24.6 Å². The molecule has 2 aliphatic heterocycles. The molecular formula is C32H33F3N2O6. The molecule has 0 radical (unpaired) electrons. The average molecular weight is 599 g/mol. The maximum absolute atomic E-state index is 15.6. The molecule has 2 aliphatic rings. The Balaban J connectivity index is 1.54. The van der Waals surface area contributed by atoms with E-state index in [-0.39, 0.29) is 48.3 Å². The van der Waals surface area contributed by atoms with E-state index < -0.39 is 47.2 Å². The largest absolute Gasteiger partial charge is 0.494 e. The summed E-state index contributed by atoms with van der Waals surface area (Å²) >= 11 is 0. The van der Waals surface area contributed by atoms with Gasteiger partial charge in [0.15, 0.2) is 11.5 Å². The van der Waals surface area contributed by atoms with E-state index in [1.54, 1.807) is 11.8 Å². The Morgan fingerprint density at radius 3 is 2.21 bits per heavy atom. The zero-order valence-electron chi connectivity index (χ0n) is 24.1. The number of aryl methyl sites for hydroxylation is 2. The number of anilines is 1. The lowest BCUT2D eigenvalue weighted by Gasteiger charge is -2.27. The third kappa shape index (κ3) is 5.99. The molecule has 43 heavy (non-hydrogen) atoms. The van der Waals surface area contributed by atoms with Gasteiger partial charge in [0.2, 0.25) is 12.7 Å². The van der Waals surface area contributed by atoms with Gasteiger partial charge in [0.05, 0.1) is 25.1 Å². The molecule has 0 spiro atoms. The van der Waals surface area contributed by atoms with Crippen molar-refractivity contribution in [2.45, 2.75) is 45.6 Å². The number of halogens is 3. The summed E-state index contributed by atoms with van der Waals surface area (Å²) in [5.74, 6) is -5.11. The zero-order valence-corrected chi connectivity index (χ0v) is 24.1. The number of hydrogen-bond acceptors (Lipinski definition) is 6. The number of likely N-dealkylation sites (tertiary alicyclic amines) is 1. The van der Waals surface area contributed by atoms with Crippen LogP contribution in [0.15, 0.2) is 42.5 Å². The second-order valence-corrected chi connectivity index (χ2v) is 10.5. The Morgan fingerprint density at radius 1 is 0.953 bits per heavy atom. The van der Waals surface area contributed by atoms with E-state index in [0.717, 1.165) is 6.07 Å². The normalized spacial score (nSPS) is 19.4. The molecule has 3 atom stereocenters. The molecule has 2 N–H and O–H groups in total. The van der Waals surface area contributed by atoms with E-state index in [1.165, 1.54) is 36.4 Å². The number of carboxylic acid groups (broad SMARTS) is 1. The number of nitrogens with one attached hydrogen (secondary N) is 1. The number of rotatable bonds is 10. The Hall–Kier alpha value is -4.25. The van der Waals surface area contributed by atoms with Crippen LogP contribution in [0.3, 0.4) is 0 Å². The number of nitrogens with zero attached hydrogens (tertiary/aromatic N) is 1. The first-order valence-electron chi connectivity index (χ1n) is 14.2. The quantitative estimate of drug-likeness (QED) is 0.303. The van der Waals surface area contributed by atoms with Gasteiger partial charge in [-0.05, 0) is 60.7 Å². The standard InChI is InChI=1S/C32H33F3N2O6/c1-4-17-9-19(33)10-18(5-2)30(17)36-28(38)15-37-14-23(22-12-26-27(13-25(22)35)43-16-42-26)29(32(39)40)31(37)21-8-7-20(41-6-3)11-24(21)34/h7-13,23,29,31H,4-6,14-16H2,1-3H3,(H,36,38)(H,39,40)/t23-,29?,31+/m1/s1. The summed E-state index contributed by atoms with van der Waals surface area (Å²) in [5.41, 5.74) is 1.83. The number of fused-ring (bicyclic) bond motifs is 1. The van der Waals surface area contributed by atoms with Gasteiger partial charge in [0, 0.05) is 35.8 Å². The van der Waals surface area contributed by atoms with Crippen molar-refractivity contribution in [3.63, 3.8) is 0 Å². The van der Waals surface area contributed by atoms with Crippen LogP contribution in [-0.2, 0) is 22.4 Å². The van der Waals surface area contributed by atoms with Crippen molar-refractivity contribution in [2.24, 2.45) is 5.92 Å². The van der Waals surface area contributed by atoms with E-state index in [1.807, 2.05) is 13.8 Å². The predicted octanol–water partition coefficient (Wildman–Crippen LogP) is 5.84. The highest BCUT2D eigenvalue weighted by Crippen LogP contribution is 2.49. The Labute approximate surface area is 247 Å². The maximum atomic E-state index is 15.6. The number of carbonyl (C=O) groups excluding carboxylic acids is 1. The summed E-state index contributed by atoms with van der Waals surface area (Å²) in [6.45, 7) is 5.26. The van der Waals surface area contributed by atoms with Crippen molar-refractivity contribution in [3.05, 3.63) is 82.2 Å². The van der Waals surface area contributed by atoms with Crippen molar-refractivity contribution >= 4 is 17.6 Å². The molecule has 0 bridgehead atoms. The van der Waals surface area contributed by atoms with Crippen LogP contribution in [0.25, 0.3) is 0 Å². The molecular weight excluding hydrogens is 565 g/mol. The van der Waals surface area contributed by atoms with E-state index in [4.69, 9.17) is 14.2 Å². The lowest BCUT2D eigenvalue weighted by atomic mass is 9.82. The molecule has 11 heteroatoms. The van der Waals surface area contributed by atoms with E-state index in [9.17, 15) is 19.1 Å². The van der Waals surface area contributed by atoms with Crippen molar-refractivity contribution in [1.82, 2.24) is 4.90 Å². The van der Waals surface area contributed by atoms with Crippen LogP contribution in [0.2, 0.25) is 0 Å². The second-order valence-electron chi connectivity index (χ2n) is 10.5. The summed E-state index contributed by atoms with van der Waals surface area (Å²) in [6.07, 6.45) is 0.938. The Morgan fingerprint density at radius 2 is 1.60 bits per heavy atom. The second kappa shape index (κ2) is 12.5. The highest BCUT2D eigenvalue weighted by Gasteiger charge is 2.49. The summed E-state index contributed by atoms with van der Waals surface area (Å²) in [5, 5.41) is 13.3. The number of ether oxygens (including phenoxy) is 3. The minimum atomic E-state index is -1.32. The fourth-order valence-electron chi connectivity index (χ4n) is 6.11. The summed E-state index contributed by atoms with van der Waals surface area (Å²) in [7, 11) is 0. The van der Waals surface area contributed by atoms with Gasteiger partial charge in [-0.3, -0.25) is 14.5 Å². The first-order chi connectivity index (χ1) is 20.6. The Bertz CT molecular complexity index is 1520. The summed E-state index contributed by atoms with van der Waals surface area (Å²) in [6, 6.07) is 8.30.